The summed E-state index contributed by atoms with van der Waals surface area (Å²) in [5.41, 5.74) is 1.64. The van der Waals surface area contributed by atoms with E-state index in [4.69, 9.17) is 4.74 Å². The number of aromatic nitrogens is 2. The van der Waals surface area contributed by atoms with E-state index in [9.17, 15) is 9.18 Å². The molecule has 0 aliphatic carbocycles. The summed E-state index contributed by atoms with van der Waals surface area (Å²) in [6.45, 7) is 2.20. The molecule has 0 aliphatic rings. The van der Waals surface area contributed by atoms with Crippen LogP contribution in [0, 0.1) is 5.82 Å². The maximum absolute atomic E-state index is 13.4. The Labute approximate surface area is 124 Å². The minimum Gasteiger partial charge on any atom is -0.465 e. The van der Waals surface area contributed by atoms with Gasteiger partial charge in [0.25, 0.3) is 0 Å². The Kier molecular flexibility index (Phi) is 3.70. The molecule has 0 aliphatic heterocycles. The Morgan fingerprint density at radius 1 is 1.38 bits per heavy atom. The van der Waals surface area contributed by atoms with E-state index in [-0.39, 0.29) is 18.3 Å². The number of esters is 1. The van der Waals surface area contributed by atoms with Gasteiger partial charge >= 0.3 is 5.97 Å². The second-order valence-electron chi connectivity index (χ2n) is 4.50. The van der Waals surface area contributed by atoms with Crippen molar-refractivity contribution in [2.45, 2.75) is 13.5 Å². The third-order valence-corrected chi connectivity index (χ3v) is 3.92. The van der Waals surface area contributed by atoms with Crippen LogP contribution in [0.5, 0.6) is 0 Å². The van der Waals surface area contributed by atoms with Gasteiger partial charge in [0.2, 0.25) is 0 Å². The fraction of sp³-hybridized carbons (Fsp3) is 0.200. The van der Waals surface area contributed by atoms with Gasteiger partial charge in [-0.2, -0.15) is 0 Å². The molecule has 4 nitrogen and oxygen atoms in total. The molecule has 0 fully saturated rings. The van der Waals surface area contributed by atoms with Gasteiger partial charge in [-0.15, -0.1) is 0 Å². The van der Waals surface area contributed by atoms with Crippen LogP contribution in [0.3, 0.4) is 0 Å². The first-order chi connectivity index (χ1) is 10.2. The first-order valence-electron chi connectivity index (χ1n) is 6.54. The maximum Gasteiger partial charge on any atom is 0.325 e. The number of carbonyl (C=O) groups excluding carboxylic acids is 1. The number of rotatable bonds is 4. The Morgan fingerprint density at radius 3 is 2.95 bits per heavy atom. The van der Waals surface area contributed by atoms with Gasteiger partial charge in [-0.25, -0.2) is 8.76 Å². The average molecular weight is 304 g/mol. The van der Waals surface area contributed by atoms with Gasteiger partial charge in [0.15, 0.2) is 0 Å². The zero-order chi connectivity index (χ0) is 14.8. The molecule has 0 radical (unpaired) electrons. The Balaban J connectivity index is 2.13. The summed E-state index contributed by atoms with van der Waals surface area (Å²) in [5, 5.41) is 0.752. The highest BCUT2D eigenvalue weighted by Crippen LogP contribution is 2.30. The highest BCUT2D eigenvalue weighted by atomic mass is 32.1. The second kappa shape index (κ2) is 5.65. The summed E-state index contributed by atoms with van der Waals surface area (Å²) in [6, 6.07) is 8.26. The van der Waals surface area contributed by atoms with Gasteiger partial charge < -0.3 is 9.30 Å². The van der Waals surface area contributed by atoms with Crippen LogP contribution >= 0.6 is 11.5 Å². The van der Waals surface area contributed by atoms with Crippen molar-refractivity contribution in [2.75, 3.05) is 6.61 Å². The first-order valence-corrected chi connectivity index (χ1v) is 7.32. The van der Waals surface area contributed by atoms with Crippen molar-refractivity contribution in [2.24, 2.45) is 0 Å². The Bertz CT molecular complexity index is 780. The number of carbonyl (C=O) groups is 1. The normalized spacial score (nSPS) is 11.0. The average Bonchev–Trinajstić information content (AvgIpc) is 3.06. The van der Waals surface area contributed by atoms with E-state index >= 15 is 0 Å². The van der Waals surface area contributed by atoms with Crippen molar-refractivity contribution < 1.29 is 13.9 Å². The summed E-state index contributed by atoms with van der Waals surface area (Å²) in [4.78, 5) is 12.7. The topological polar surface area (TPSA) is 44.1 Å². The van der Waals surface area contributed by atoms with Crippen LogP contribution in [0.15, 0.2) is 36.5 Å². The lowest BCUT2D eigenvalue weighted by molar-refractivity contribution is -0.143. The molecule has 3 aromatic rings. The lowest BCUT2D eigenvalue weighted by atomic mass is 10.2. The Hall–Kier alpha value is -2.21. The summed E-state index contributed by atoms with van der Waals surface area (Å²) < 4.78 is 24.3. The molecule has 3 rings (SSSR count). The molecule has 0 N–H and O–H groups in total. The molecule has 0 saturated heterocycles. The first kappa shape index (κ1) is 13.8. The number of halogens is 1. The molecule has 6 heteroatoms. The minimum atomic E-state index is -0.315. The maximum atomic E-state index is 13.4. The van der Waals surface area contributed by atoms with Crippen molar-refractivity contribution in [3.05, 3.63) is 42.3 Å². The predicted molar refractivity (Wildman–Crippen MR) is 79.6 cm³/mol. The predicted octanol–water partition coefficient (Wildman–Crippen LogP) is 3.47. The molecule has 21 heavy (non-hydrogen) atoms. The molecule has 0 unspecified atom stereocenters. The van der Waals surface area contributed by atoms with E-state index in [0.717, 1.165) is 21.5 Å². The molecule has 0 atom stereocenters. The number of hydrogen-bond acceptors (Lipinski definition) is 4. The molecule has 0 spiro atoms. The van der Waals surface area contributed by atoms with Crippen molar-refractivity contribution in [1.29, 1.82) is 0 Å². The fourth-order valence-corrected chi connectivity index (χ4v) is 2.92. The molecule has 108 valence electrons. The van der Waals surface area contributed by atoms with Gasteiger partial charge in [0, 0.05) is 17.1 Å². The molecule has 0 amide bonds. The second-order valence-corrected chi connectivity index (χ2v) is 5.33. The number of hydrogen-bond donors (Lipinski definition) is 0. The lowest BCUT2D eigenvalue weighted by Gasteiger charge is -2.09. The van der Waals surface area contributed by atoms with E-state index in [1.54, 1.807) is 19.2 Å². The van der Waals surface area contributed by atoms with Gasteiger partial charge in [-0.1, -0.05) is 0 Å². The van der Waals surface area contributed by atoms with E-state index in [1.165, 1.54) is 23.7 Å². The molecular formula is C15H13FN2O2S. The van der Waals surface area contributed by atoms with E-state index < -0.39 is 0 Å². The smallest absolute Gasteiger partial charge is 0.325 e. The van der Waals surface area contributed by atoms with Crippen LogP contribution in [0.25, 0.3) is 21.5 Å². The van der Waals surface area contributed by atoms with Crippen LogP contribution in [0.2, 0.25) is 0 Å². The van der Waals surface area contributed by atoms with Gasteiger partial charge in [0.1, 0.15) is 12.4 Å². The van der Waals surface area contributed by atoms with Gasteiger partial charge in [-0.05, 0) is 48.8 Å². The van der Waals surface area contributed by atoms with Crippen LogP contribution in [0.1, 0.15) is 6.92 Å². The third kappa shape index (κ3) is 2.67. The van der Waals surface area contributed by atoms with Crippen LogP contribution in [-0.4, -0.2) is 21.5 Å². The molecule has 0 bridgehead atoms. The summed E-state index contributed by atoms with van der Waals surface area (Å²) in [6.07, 6.45) is 1.70. The van der Waals surface area contributed by atoms with E-state index in [2.05, 4.69) is 4.37 Å². The molecule has 2 aromatic heterocycles. The summed E-state index contributed by atoms with van der Waals surface area (Å²) in [7, 11) is 0. The highest BCUT2D eigenvalue weighted by molar-refractivity contribution is 7.09. The fourth-order valence-electron chi connectivity index (χ4n) is 2.30. The molecule has 2 heterocycles. The van der Waals surface area contributed by atoms with Gasteiger partial charge in [-0.3, -0.25) is 4.79 Å². The molecule has 0 saturated carbocycles. The largest absolute Gasteiger partial charge is 0.465 e. The third-order valence-electron chi connectivity index (χ3n) is 3.15. The number of ether oxygens (including phenoxy) is 1. The van der Waals surface area contributed by atoms with Crippen LogP contribution in [0.4, 0.5) is 4.39 Å². The Morgan fingerprint density at radius 2 is 2.24 bits per heavy atom. The number of fused-ring (bicyclic) bond motifs is 1. The van der Waals surface area contributed by atoms with E-state index in [0.29, 0.717) is 6.61 Å². The summed E-state index contributed by atoms with van der Waals surface area (Å²) >= 11 is 1.33. The standard InChI is InChI=1S/C15H13FN2O2S/c1-2-20-15(19)9-18-12-4-3-11(16)7-10(12)8-13(18)14-5-6-17-21-14/h3-8H,2,9H2,1H3. The monoisotopic (exact) mass is 304 g/mol. The van der Waals surface area contributed by atoms with Crippen LogP contribution in [-0.2, 0) is 16.1 Å². The quantitative estimate of drug-likeness (QED) is 0.693. The minimum absolute atomic E-state index is 0.0935. The van der Waals surface area contributed by atoms with E-state index in [1.807, 2.05) is 16.7 Å². The lowest BCUT2D eigenvalue weighted by Crippen LogP contribution is -2.13. The summed E-state index contributed by atoms with van der Waals surface area (Å²) in [5.74, 6) is -0.614. The zero-order valence-electron chi connectivity index (χ0n) is 11.4. The number of nitrogens with zero attached hydrogens (tertiary/aromatic N) is 2. The highest BCUT2D eigenvalue weighted by Gasteiger charge is 2.15. The number of benzene rings is 1. The van der Waals surface area contributed by atoms with Crippen molar-refractivity contribution in [3.8, 4) is 10.6 Å². The zero-order valence-corrected chi connectivity index (χ0v) is 12.2. The molecule has 1 aromatic carbocycles. The van der Waals surface area contributed by atoms with Crippen molar-refractivity contribution in [3.63, 3.8) is 0 Å². The van der Waals surface area contributed by atoms with Crippen molar-refractivity contribution >= 4 is 28.4 Å². The van der Waals surface area contributed by atoms with Crippen LogP contribution < -0.4 is 0 Å². The van der Waals surface area contributed by atoms with Gasteiger partial charge in [0.05, 0.1) is 17.2 Å². The molecular weight excluding hydrogens is 291 g/mol. The SMILES string of the molecule is CCOC(=O)Cn1c(-c2ccns2)cc2cc(F)ccc21. The van der Waals surface area contributed by atoms with Crippen molar-refractivity contribution in [1.82, 2.24) is 8.94 Å².